The van der Waals surface area contributed by atoms with Gasteiger partial charge < -0.3 is 20.1 Å². The first-order chi connectivity index (χ1) is 11.6. The smallest absolute Gasteiger partial charge is 0.246 e. The molecular weight excluding hydrogens is 328 g/mol. The third-order valence-electron chi connectivity index (χ3n) is 4.58. The van der Waals surface area contributed by atoms with Crippen LogP contribution in [0.15, 0.2) is 41.4 Å². The van der Waals surface area contributed by atoms with Crippen molar-refractivity contribution in [2.45, 2.75) is 24.5 Å². The molecule has 1 aromatic carbocycles. The molecule has 3 aromatic rings. The molecule has 0 radical (unpaired) electrons. The second kappa shape index (κ2) is 5.94. The van der Waals surface area contributed by atoms with Gasteiger partial charge in [-0.1, -0.05) is 0 Å². The van der Waals surface area contributed by atoms with Crippen LogP contribution in [0.4, 0.5) is 0 Å². The zero-order valence-corrected chi connectivity index (χ0v) is 13.9. The molecule has 0 saturated carbocycles. The summed E-state index contributed by atoms with van der Waals surface area (Å²) in [6, 6.07) is 8.18. The Bertz CT molecular complexity index is 861. The fourth-order valence-corrected chi connectivity index (χ4v) is 3.92. The highest BCUT2D eigenvalue weighted by molar-refractivity contribution is 7.08. The number of benzene rings is 1. The van der Waals surface area contributed by atoms with Gasteiger partial charge in [-0.15, -0.1) is 0 Å². The Morgan fingerprint density at radius 2 is 2.04 bits per heavy atom. The predicted octanol–water partition coefficient (Wildman–Crippen LogP) is 0.806. The molecule has 1 aliphatic rings. The van der Waals surface area contributed by atoms with Crippen molar-refractivity contribution in [2.24, 2.45) is 7.05 Å². The maximum atomic E-state index is 10.3. The first-order valence-corrected chi connectivity index (χ1v) is 8.69. The van der Waals surface area contributed by atoms with Crippen LogP contribution < -0.4 is 4.57 Å². The second-order valence-electron chi connectivity index (χ2n) is 6.08. The van der Waals surface area contributed by atoms with Gasteiger partial charge in [-0.25, -0.2) is 4.57 Å². The topological polar surface area (TPSA) is 78.7 Å². The van der Waals surface area contributed by atoms with Crippen molar-refractivity contribution in [2.75, 3.05) is 6.61 Å². The van der Waals surface area contributed by atoms with Crippen LogP contribution in [0.1, 0.15) is 6.23 Å². The van der Waals surface area contributed by atoms with E-state index in [-0.39, 0.29) is 6.61 Å². The normalized spacial score (nSPS) is 27.2. The largest absolute Gasteiger partial charge is 0.394 e. The van der Waals surface area contributed by atoms with Crippen LogP contribution in [0.5, 0.6) is 0 Å². The number of aliphatic hydroxyl groups is 3. The number of imidazole rings is 1. The number of thiophene rings is 1. The molecule has 0 amide bonds. The fraction of sp³-hybridized carbons (Fsp3) is 0.353. The van der Waals surface area contributed by atoms with Gasteiger partial charge in [0.15, 0.2) is 11.0 Å². The molecule has 3 heterocycles. The maximum absolute atomic E-state index is 10.3. The van der Waals surface area contributed by atoms with E-state index >= 15 is 0 Å². The van der Waals surface area contributed by atoms with Crippen molar-refractivity contribution in [1.82, 2.24) is 4.57 Å². The van der Waals surface area contributed by atoms with Crippen molar-refractivity contribution in [3.05, 3.63) is 41.4 Å². The van der Waals surface area contributed by atoms with Gasteiger partial charge in [-0.2, -0.15) is 15.9 Å². The van der Waals surface area contributed by atoms with Gasteiger partial charge in [0.2, 0.25) is 12.6 Å². The van der Waals surface area contributed by atoms with Crippen LogP contribution in [-0.4, -0.2) is 44.8 Å². The Hall–Kier alpha value is -1.77. The van der Waals surface area contributed by atoms with Crippen LogP contribution in [-0.2, 0) is 11.8 Å². The molecule has 1 fully saturated rings. The van der Waals surface area contributed by atoms with E-state index < -0.39 is 24.5 Å². The summed E-state index contributed by atoms with van der Waals surface area (Å²) in [5.41, 5.74) is 4.18. The third kappa shape index (κ3) is 2.37. The standard InChI is InChI=1S/C17H19N2O4S/c1-18-9-19(17-16(22)15(21)14(7-20)23-17)12-3-2-10(6-13(12)18)11-4-5-24-8-11/h2-6,8-9,14-17,20-22H,7H2,1H3/q+1/t14-,15-,16-,17-/m1/s1. The number of ether oxygens (including phenoxy) is 1. The Labute approximate surface area is 142 Å². The number of hydrogen-bond donors (Lipinski definition) is 3. The minimum Gasteiger partial charge on any atom is -0.394 e. The summed E-state index contributed by atoms with van der Waals surface area (Å²) in [7, 11) is 1.93. The summed E-state index contributed by atoms with van der Waals surface area (Å²) in [6.07, 6.45) is -1.87. The van der Waals surface area contributed by atoms with Crippen LogP contribution in [0.25, 0.3) is 22.2 Å². The molecule has 0 aliphatic carbocycles. The molecule has 4 rings (SSSR count). The first kappa shape index (κ1) is 15.7. The summed E-state index contributed by atoms with van der Waals surface area (Å²) in [6.45, 7) is -0.331. The molecule has 0 spiro atoms. The van der Waals surface area contributed by atoms with Crippen molar-refractivity contribution in [1.29, 1.82) is 0 Å². The monoisotopic (exact) mass is 347 g/mol. The first-order valence-electron chi connectivity index (χ1n) is 7.75. The van der Waals surface area contributed by atoms with Gasteiger partial charge in [-0.3, -0.25) is 0 Å². The number of hydrogen-bond acceptors (Lipinski definition) is 5. The van der Waals surface area contributed by atoms with Crippen LogP contribution in [0.3, 0.4) is 0 Å². The lowest BCUT2D eigenvalue weighted by Gasteiger charge is -2.11. The van der Waals surface area contributed by atoms with E-state index in [1.54, 1.807) is 15.9 Å². The van der Waals surface area contributed by atoms with Crippen molar-refractivity contribution < 1.29 is 24.6 Å². The third-order valence-corrected chi connectivity index (χ3v) is 5.26. The highest BCUT2D eigenvalue weighted by Crippen LogP contribution is 2.29. The minimum absolute atomic E-state index is 0.331. The second-order valence-corrected chi connectivity index (χ2v) is 6.86. The lowest BCUT2D eigenvalue weighted by molar-refractivity contribution is -0.744. The molecule has 0 bridgehead atoms. The number of fused-ring (bicyclic) bond motifs is 1. The number of rotatable bonds is 3. The van der Waals surface area contributed by atoms with Crippen LogP contribution in [0.2, 0.25) is 0 Å². The van der Waals surface area contributed by atoms with Gasteiger partial charge in [0, 0.05) is 0 Å². The SMILES string of the molecule is Cn1c[n+]([C@@H]2O[C@H](CO)[C@@H](O)[C@H]2O)c2ccc(-c3ccsc3)cc21. The van der Waals surface area contributed by atoms with E-state index in [0.717, 1.165) is 16.6 Å². The van der Waals surface area contributed by atoms with E-state index in [9.17, 15) is 15.3 Å². The van der Waals surface area contributed by atoms with Gasteiger partial charge in [-0.05, 0) is 46.2 Å². The van der Waals surface area contributed by atoms with E-state index in [1.807, 2.05) is 35.5 Å². The van der Waals surface area contributed by atoms with Crippen molar-refractivity contribution >= 4 is 22.4 Å². The molecule has 4 atom stereocenters. The Morgan fingerprint density at radius 1 is 1.21 bits per heavy atom. The summed E-state index contributed by atoms with van der Waals surface area (Å²) >= 11 is 1.66. The highest BCUT2D eigenvalue weighted by Gasteiger charge is 2.46. The van der Waals surface area contributed by atoms with Crippen LogP contribution >= 0.6 is 11.3 Å². The van der Waals surface area contributed by atoms with E-state index in [0.29, 0.717) is 0 Å². The number of aromatic nitrogens is 2. The Balaban J connectivity index is 1.78. The van der Waals surface area contributed by atoms with Crippen LogP contribution in [0, 0.1) is 0 Å². The van der Waals surface area contributed by atoms with Crippen molar-refractivity contribution in [3.8, 4) is 11.1 Å². The molecule has 3 N–H and O–H groups in total. The van der Waals surface area contributed by atoms with Gasteiger partial charge in [0.25, 0.3) is 0 Å². The van der Waals surface area contributed by atoms with E-state index in [2.05, 4.69) is 17.5 Å². The van der Waals surface area contributed by atoms with Gasteiger partial charge >= 0.3 is 0 Å². The lowest BCUT2D eigenvalue weighted by Crippen LogP contribution is -2.45. The zero-order chi connectivity index (χ0) is 16.8. The maximum Gasteiger partial charge on any atom is 0.246 e. The molecule has 7 heteroatoms. The molecule has 2 aromatic heterocycles. The fourth-order valence-electron chi connectivity index (χ4n) is 3.26. The van der Waals surface area contributed by atoms with Crippen molar-refractivity contribution in [3.63, 3.8) is 0 Å². The van der Waals surface area contributed by atoms with Gasteiger partial charge in [0.1, 0.15) is 18.3 Å². The molecule has 1 aliphatic heterocycles. The molecule has 126 valence electrons. The zero-order valence-electron chi connectivity index (χ0n) is 13.1. The molecule has 6 nitrogen and oxygen atoms in total. The lowest BCUT2D eigenvalue weighted by atomic mass is 10.1. The quantitative estimate of drug-likeness (QED) is 0.613. The minimum atomic E-state index is -1.10. The van der Waals surface area contributed by atoms with Gasteiger partial charge in [0.05, 0.1) is 13.7 Å². The summed E-state index contributed by atoms with van der Waals surface area (Å²) in [4.78, 5) is 0. The number of aryl methyl sites for hydroxylation is 1. The molecule has 0 unspecified atom stereocenters. The summed E-state index contributed by atoms with van der Waals surface area (Å²) < 4.78 is 9.41. The number of nitrogens with zero attached hydrogens (tertiary/aromatic N) is 2. The molecule has 24 heavy (non-hydrogen) atoms. The highest BCUT2D eigenvalue weighted by atomic mass is 32.1. The molecular formula is C17H19N2O4S+. The Morgan fingerprint density at radius 3 is 2.71 bits per heavy atom. The number of aliphatic hydroxyl groups excluding tert-OH is 3. The average Bonchev–Trinajstić information content (AvgIpc) is 3.29. The Kier molecular flexibility index (Phi) is 3.90. The molecule has 1 saturated heterocycles. The summed E-state index contributed by atoms with van der Waals surface area (Å²) in [5.74, 6) is 0. The predicted molar refractivity (Wildman–Crippen MR) is 89.4 cm³/mol. The summed E-state index contributed by atoms with van der Waals surface area (Å²) in [5, 5.41) is 33.7. The van der Waals surface area contributed by atoms with E-state index in [4.69, 9.17) is 4.74 Å². The van der Waals surface area contributed by atoms with E-state index in [1.165, 1.54) is 5.56 Å². The average molecular weight is 347 g/mol.